The summed E-state index contributed by atoms with van der Waals surface area (Å²) in [5.41, 5.74) is -0.526. The number of hydrogen-bond acceptors (Lipinski definition) is 3. The molecule has 1 fully saturated rings. The zero-order chi connectivity index (χ0) is 19.6. The lowest BCUT2D eigenvalue weighted by atomic mass is 9.97. The van der Waals surface area contributed by atoms with Gasteiger partial charge in [0.15, 0.2) is 0 Å². The Morgan fingerprint density at radius 3 is 2.41 bits per heavy atom. The first-order valence-electron chi connectivity index (χ1n) is 9.05. The highest BCUT2D eigenvalue weighted by Crippen LogP contribution is 2.35. The third-order valence-corrected chi connectivity index (χ3v) is 4.87. The number of piperidine rings is 1. The molecule has 0 amide bonds. The normalized spacial score (nSPS) is 15.1. The molecular formula is C19H26Cl2F4N4. The van der Waals surface area contributed by atoms with Gasteiger partial charge in [-0.2, -0.15) is 13.2 Å². The predicted molar refractivity (Wildman–Crippen MR) is 111 cm³/mol. The molecule has 0 atom stereocenters. The number of nitrogens with one attached hydrogen (secondary N) is 1. The van der Waals surface area contributed by atoms with E-state index in [1.807, 2.05) is 23.6 Å². The zero-order valence-electron chi connectivity index (χ0n) is 16.3. The number of alkyl halides is 3. The fourth-order valence-corrected chi connectivity index (χ4v) is 3.36. The average molecular weight is 457 g/mol. The van der Waals surface area contributed by atoms with Gasteiger partial charge in [0.1, 0.15) is 11.6 Å². The lowest BCUT2D eigenvalue weighted by Crippen LogP contribution is -2.28. The number of likely N-dealkylation sites (N-methyl/N-ethyl adjacent to an activating group) is 1. The van der Waals surface area contributed by atoms with Crippen molar-refractivity contribution in [3.63, 3.8) is 0 Å². The first kappa shape index (κ1) is 25.7. The molecule has 1 aliphatic heterocycles. The third-order valence-electron chi connectivity index (χ3n) is 4.87. The average Bonchev–Trinajstić information content (AvgIpc) is 3.04. The molecule has 2 heterocycles. The second kappa shape index (κ2) is 10.6. The number of nitrogens with zero attached hydrogens (tertiary/aromatic N) is 3. The Balaban J connectivity index is 0.00000210. The van der Waals surface area contributed by atoms with Crippen molar-refractivity contribution in [2.75, 3.05) is 33.7 Å². The van der Waals surface area contributed by atoms with Gasteiger partial charge < -0.3 is 14.8 Å². The van der Waals surface area contributed by atoms with Crippen LogP contribution in [-0.2, 0) is 12.7 Å². The van der Waals surface area contributed by atoms with E-state index in [0.717, 1.165) is 50.4 Å². The molecule has 1 aromatic carbocycles. The van der Waals surface area contributed by atoms with E-state index in [1.54, 1.807) is 6.20 Å². The molecule has 1 aliphatic rings. The van der Waals surface area contributed by atoms with Crippen LogP contribution in [-0.4, -0.2) is 48.2 Å². The maximum atomic E-state index is 13.6. The predicted octanol–water partition coefficient (Wildman–Crippen LogP) is 4.58. The molecule has 1 aromatic heterocycles. The van der Waals surface area contributed by atoms with Crippen molar-refractivity contribution in [1.29, 1.82) is 0 Å². The van der Waals surface area contributed by atoms with E-state index in [-0.39, 0.29) is 36.3 Å². The number of imidazole rings is 1. The minimum Gasteiger partial charge on any atom is -0.333 e. The lowest BCUT2D eigenvalue weighted by Gasteiger charge is -2.23. The molecule has 1 N–H and O–H groups in total. The summed E-state index contributed by atoms with van der Waals surface area (Å²) in [5.74, 6) is -0.104. The standard InChI is InChI=1S/C19H24F4N4.2ClH/c1-26(2)9-10-27-12-17(25-18(27)13-5-7-24-8-6-13)14-3-4-16(20)15(11-14)19(21,22)23;;/h3-4,11-13,24H,5-10H2,1-2H3;2*1H. The van der Waals surface area contributed by atoms with Crippen LogP contribution < -0.4 is 5.32 Å². The Morgan fingerprint density at radius 2 is 1.83 bits per heavy atom. The van der Waals surface area contributed by atoms with Crippen LogP contribution in [0.25, 0.3) is 11.3 Å². The molecule has 10 heteroatoms. The summed E-state index contributed by atoms with van der Waals surface area (Å²) >= 11 is 0. The van der Waals surface area contributed by atoms with Crippen LogP contribution in [0.1, 0.15) is 30.1 Å². The minimum atomic E-state index is -4.73. The van der Waals surface area contributed by atoms with Crippen LogP contribution in [0.5, 0.6) is 0 Å². The largest absolute Gasteiger partial charge is 0.419 e. The summed E-state index contributed by atoms with van der Waals surface area (Å²) in [4.78, 5) is 6.71. The number of halogens is 6. The summed E-state index contributed by atoms with van der Waals surface area (Å²) in [7, 11) is 3.94. The van der Waals surface area contributed by atoms with E-state index in [0.29, 0.717) is 12.2 Å². The van der Waals surface area contributed by atoms with E-state index in [1.165, 1.54) is 6.07 Å². The molecule has 1 saturated heterocycles. The van der Waals surface area contributed by atoms with Crippen LogP contribution in [0.2, 0.25) is 0 Å². The second-order valence-electron chi connectivity index (χ2n) is 7.20. The van der Waals surface area contributed by atoms with Crippen LogP contribution >= 0.6 is 24.8 Å². The first-order valence-corrected chi connectivity index (χ1v) is 9.05. The molecule has 2 aromatic rings. The quantitative estimate of drug-likeness (QED) is 0.668. The SMILES string of the molecule is CN(C)CCn1cc(-c2ccc(F)c(C(F)(F)F)c2)nc1C1CCNCC1.Cl.Cl. The molecule has 0 aliphatic carbocycles. The van der Waals surface area contributed by atoms with E-state index < -0.39 is 17.6 Å². The third kappa shape index (κ3) is 6.31. The first-order chi connectivity index (χ1) is 12.8. The molecule has 0 spiro atoms. The van der Waals surface area contributed by atoms with Crippen molar-refractivity contribution >= 4 is 24.8 Å². The van der Waals surface area contributed by atoms with Gasteiger partial charge >= 0.3 is 6.18 Å². The van der Waals surface area contributed by atoms with E-state index in [4.69, 9.17) is 0 Å². The monoisotopic (exact) mass is 456 g/mol. The van der Waals surface area contributed by atoms with Crippen LogP contribution in [0, 0.1) is 5.82 Å². The molecule has 4 nitrogen and oxygen atoms in total. The maximum absolute atomic E-state index is 13.6. The fourth-order valence-electron chi connectivity index (χ4n) is 3.36. The molecule has 0 unspecified atom stereocenters. The Kier molecular flexibility index (Phi) is 9.40. The van der Waals surface area contributed by atoms with Gasteiger partial charge in [-0.25, -0.2) is 9.37 Å². The van der Waals surface area contributed by atoms with E-state index in [2.05, 4.69) is 10.3 Å². The summed E-state index contributed by atoms with van der Waals surface area (Å²) < 4.78 is 54.8. The lowest BCUT2D eigenvalue weighted by molar-refractivity contribution is -0.139. The maximum Gasteiger partial charge on any atom is 0.419 e. The van der Waals surface area contributed by atoms with Gasteiger partial charge in [-0.05, 0) is 58.2 Å². The van der Waals surface area contributed by atoms with Gasteiger partial charge in [0.05, 0.1) is 11.3 Å². The topological polar surface area (TPSA) is 33.1 Å². The van der Waals surface area contributed by atoms with Crippen molar-refractivity contribution in [1.82, 2.24) is 19.8 Å². The number of benzene rings is 1. The van der Waals surface area contributed by atoms with E-state index >= 15 is 0 Å². The summed E-state index contributed by atoms with van der Waals surface area (Å²) in [6, 6.07) is 3.07. The minimum absolute atomic E-state index is 0. The smallest absolute Gasteiger partial charge is 0.333 e. The van der Waals surface area contributed by atoms with Gasteiger partial charge in [0.25, 0.3) is 0 Å². The van der Waals surface area contributed by atoms with Crippen LogP contribution in [0.15, 0.2) is 24.4 Å². The Labute approximate surface area is 180 Å². The Hall–Kier alpha value is -1.35. The highest BCUT2D eigenvalue weighted by atomic mass is 35.5. The van der Waals surface area contributed by atoms with Gasteiger partial charge in [-0.15, -0.1) is 24.8 Å². The van der Waals surface area contributed by atoms with Crippen molar-refractivity contribution in [2.45, 2.75) is 31.5 Å². The van der Waals surface area contributed by atoms with Gasteiger partial charge in [-0.3, -0.25) is 0 Å². The summed E-state index contributed by atoms with van der Waals surface area (Å²) in [5, 5.41) is 3.31. The number of aromatic nitrogens is 2. The second-order valence-corrected chi connectivity index (χ2v) is 7.20. The summed E-state index contributed by atoms with van der Waals surface area (Å²) in [6.07, 6.45) is -1.06. The van der Waals surface area contributed by atoms with Crippen molar-refractivity contribution < 1.29 is 17.6 Å². The van der Waals surface area contributed by atoms with E-state index in [9.17, 15) is 17.6 Å². The molecule has 164 valence electrons. The summed E-state index contributed by atoms with van der Waals surface area (Å²) in [6.45, 7) is 3.29. The number of rotatable bonds is 5. The molecule has 0 radical (unpaired) electrons. The molecule has 0 bridgehead atoms. The highest BCUT2D eigenvalue weighted by Gasteiger charge is 2.34. The van der Waals surface area contributed by atoms with Gasteiger partial charge in [0, 0.05) is 30.8 Å². The molecular weight excluding hydrogens is 431 g/mol. The van der Waals surface area contributed by atoms with Crippen molar-refractivity contribution in [3.8, 4) is 11.3 Å². The molecule has 0 saturated carbocycles. The molecule has 29 heavy (non-hydrogen) atoms. The van der Waals surface area contributed by atoms with Gasteiger partial charge in [0.2, 0.25) is 0 Å². The van der Waals surface area contributed by atoms with Crippen molar-refractivity contribution in [2.24, 2.45) is 0 Å². The van der Waals surface area contributed by atoms with Gasteiger partial charge in [-0.1, -0.05) is 0 Å². The zero-order valence-corrected chi connectivity index (χ0v) is 17.9. The Bertz CT molecular complexity index is 787. The van der Waals surface area contributed by atoms with Crippen LogP contribution in [0.4, 0.5) is 17.6 Å². The Morgan fingerprint density at radius 1 is 1.17 bits per heavy atom. The van der Waals surface area contributed by atoms with Crippen molar-refractivity contribution in [3.05, 3.63) is 41.6 Å². The fraction of sp³-hybridized carbons (Fsp3) is 0.526. The molecule has 3 rings (SSSR count). The number of hydrogen-bond donors (Lipinski definition) is 1. The highest BCUT2D eigenvalue weighted by molar-refractivity contribution is 5.85. The van der Waals surface area contributed by atoms with Crippen LogP contribution in [0.3, 0.4) is 0 Å².